The molecule has 0 aliphatic carbocycles. The number of carbonyl (C=O) groups is 1. The van der Waals surface area contributed by atoms with Crippen LogP contribution in [0.5, 0.6) is 0 Å². The second-order valence-corrected chi connectivity index (χ2v) is 10.4. The molecule has 1 aliphatic heterocycles. The first-order valence-corrected chi connectivity index (χ1v) is 12.5. The van der Waals surface area contributed by atoms with Crippen molar-refractivity contribution in [1.82, 2.24) is 24.4 Å². The highest BCUT2D eigenvalue weighted by Gasteiger charge is 2.64. The number of hydrogen-bond donors (Lipinski definition) is 1. The molecule has 2 atom stereocenters. The molecule has 0 spiro atoms. The number of quaternary nitrogens is 1. The van der Waals surface area contributed by atoms with Gasteiger partial charge in [-0.05, 0) is 51.1 Å². The van der Waals surface area contributed by atoms with Gasteiger partial charge in [-0.2, -0.15) is 14.5 Å². The van der Waals surface area contributed by atoms with Crippen LogP contribution < -0.4 is 4.48 Å². The normalized spacial score (nSPS) is 20.3. The Morgan fingerprint density at radius 2 is 1.68 bits per heavy atom. The summed E-state index contributed by atoms with van der Waals surface area (Å²) in [6.07, 6.45) is 1.52. The number of halogens is 1. The number of rotatable bonds is 4. The maximum atomic E-state index is 12.2. The lowest BCUT2D eigenvalue weighted by Crippen LogP contribution is -2.56. The molecule has 7 nitrogen and oxygen atoms in total. The van der Waals surface area contributed by atoms with E-state index in [1.807, 2.05) is 67.6 Å². The predicted molar refractivity (Wildman–Crippen MR) is 145 cm³/mol. The number of benzene rings is 3. The van der Waals surface area contributed by atoms with Crippen LogP contribution >= 0.6 is 11.6 Å². The van der Waals surface area contributed by atoms with Gasteiger partial charge in [-0.25, -0.2) is 9.97 Å². The third-order valence-electron chi connectivity index (χ3n) is 7.68. The van der Waals surface area contributed by atoms with Crippen molar-refractivity contribution >= 4 is 56.7 Å². The molecular formula is C29H25ClN5O2+. The van der Waals surface area contributed by atoms with Gasteiger partial charge in [0.1, 0.15) is 23.4 Å². The van der Waals surface area contributed by atoms with E-state index in [9.17, 15) is 9.90 Å². The lowest BCUT2D eigenvalue weighted by atomic mass is 9.81. The standard InChI is InChI=1S/C29H24ClN5O2/c1-17-33-23-10-6-4-9-20(23)28(34-17)35(27-21-13-12-18(30)14-24(21)31-16-32-27)25-11-7-5-8-19(25)22(15-26(36)37)29(35,2)3/h4-14,16,22H,15H2,1-3H3/p+1. The molecule has 8 heteroatoms. The van der Waals surface area contributed by atoms with Gasteiger partial charge in [0, 0.05) is 16.7 Å². The van der Waals surface area contributed by atoms with Crippen molar-refractivity contribution in [3.63, 3.8) is 0 Å². The molecule has 0 saturated heterocycles. The van der Waals surface area contributed by atoms with Crippen LogP contribution in [0.25, 0.3) is 21.8 Å². The summed E-state index contributed by atoms with van der Waals surface area (Å²) < 4.78 is 0.117. The molecule has 2 aromatic heterocycles. The third kappa shape index (κ3) is 3.27. The molecule has 37 heavy (non-hydrogen) atoms. The highest BCUT2D eigenvalue weighted by molar-refractivity contribution is 6.31. The minimum atomic E-state index is -0.851. The van der Waals surface area contributed by atoms with E-state index < -0.39 is 11.5 Å². The van der Waals surface area contributed by atoms with Gasteiger partial charge in [-0.15, -0.1) is 0 Å². The predicted octanol–water partition coefficient (Wildman–Crippen LogP) is 6.86. The van der Waals surface area contributed by atoms with Crippen molar-refractivity contribution < 1.29 is 9.90 Å². The molecule has 6 rings (SSSR count). The first-order valence-electron chi connectivity index (χ1n) is 12.1. The van der Waals surface area contributed by atoms with Crippen LogP contribution in [0, 0.1) is 6.92 Å². The van der Waals surface area contributed by atoms with E-state index in [1.165, 1.54) is 0 Å². The average Bonchev–Trinajstić information content (AvgIpc) is 3.06. The Labute approximate surface area is 219 Å². The number of aromatic nitrogens is 4. The van der Waals surface area contributed by atoms with Gasteiger partial charge in [0.15, 0.2) is 0 Å². The van der Waals surface area contributed by atoms with E-state index in [-0.39, 0.29) is 16.8 Å². The van der Waals surface area contributed by atoms with Crippen molar-refractivity contribution in [3.05, 3.63) is 89.5 Å². The molecule has 184 valence electrons. The van der Waals surface area contributed by atoms with E-state index in [0.717, 1.165) is 39.2 Å². The summed E-state index contributed by atoms with van der Waals surface area (Å²) in [5.41, 5.74) is 2.74. The fourth-order valence-corrected chi connectivity index (χ4v) is 6.30. The van der Waals surface area contributed by atoms with Crippen LogP contribution in [0.2, 0.25) is 5.02 Å². The summed E-state index contributed by atoms with van der Waals surface area (Å²) >= 11 is 6.35. The topological polar surface area (TPSA) is 88.9 Å². The number of fused-ring (bicyclic) bond motifs is 3. The largest absolute Gasteiger partial charge is 0.481 e. The molecule has 0 bridgehead atoms. The number of para-hydroxylation sites is 2. The van der Waals surface area contributed by atoms with Crippen molar-refractivity contribution in [3.8, 4) is 0 Å². The number of carboxylic acid groups (broad SMARTS) is 1. The molecule has 3 heterocycles. The van der Waals surface area contributed by atoms with Gasteiger partial charge in [0.05, 0.1) is 34.1 Å². The smallest absolute Gasteiger partial charge is 0.304 e. The minimum Gasteiger partial charge on any atom is -0.481 e. The molecular weight excluding hydrogens is 486 g/mol. The molecule has 5 aromatic rings. The van der Waals surface area contributed by atoms with Crippen LogP contribution in [-0.4, -0.2) is 36.6 Å². The summed E-state index contributed by atoms with van der Waals surface area (Å²) in [5, 5.41) is 12.3. The second kappa shape index (κ2) is 8.30. The Balaban J connectivity index is 1.86. The summed E-state index contributed by atoms with van der Waals surface area (Å²) in [5.74, 6) is 0.935. The zero-order valence-electron chi connectivity index (χ0n) is 20.7. The number of nitrogens with zero attached hydrogens (tertiary/aromatic N) is 5. The molecule has 0 fully saturated rings. The van der Waals surface area contributed by atoms with Crippen LogP contribution in [0.1, 0.15) is 37.6 Å². The van der Waals surface area contributed by atoms with E-state index in [0.29, 0.717) is 16.4 Å². The summed E-state index contributed by atoms with van der Waals surface area (Å²) in [7, 11) is 0. The van der Waals surface area contributed by atoms with Crippen LogP contribution in [0.3, 0.4) is 0 Å². The quantitative estimate of drug-likeness (QED) is 0.266. The van der Waals surface area contributed by atoms with E-state index in [4.69, 9.17) is 26.6 Å². The SMILES string of the molecule is Cc1nc([N+]2(c3ncnc4cc(Cl)ccc34)c3ccccc3C(CC(=O)O)C2(C)C)c2ccccc2n1. The Kier molecular flexibility index (Phi) is 5.26. The molecule has 0 saturated carbocycles. The first kappa shape index (κ1) is 23.5. The highest BCUT2D eigenvalue weighted by atomic mass is 35.5. The van der Waals surface area contributed by atoms with E-state index >= 15 is 0 Å². The maximum Gasteiger partial charge on any atom is 0.304 e. The van der Waals surface area contributed by atoms with Crippen molar-refractivity contribution in [2.45, 2.75) is 38.6 Å². The summed E-state index contributed by atoms with van der Waals surface area (Å²) in [6.45, 7) is 6.10. The number of aryl methyl sites for hydroxylation is 1. The maximum absolute atomic E-state index is 12.2. The van der Waals surface area contributed by atoms with E-state index in [2.05, 4.69) is 24.9 Å². The number of carboxylic acids is 1. The average molecular weight is 511 g/mol. The van der Waals surface area contributed by atoms with Gasteiger partial charge < -0.3 is 5.11 Å². The van der Waals surface area contributed by atoms with E-state index in [1.54, 1.807) is 6.33 Å². The molecule has 1 aliphatic rings. The number of hydrogen-bond acceptors (Lipinski definition) is 5. The van der Waals surface area contributed by atoms with Gasteiger partial charge >= 0.3 is 5.97 Å². The highest BCUT2D eigenvalue weighted by Crippen LogP contribution is 2.63. The lowest BCUT2D eigenvalue weighted by molar-refractivity contribution is -0.137. The molecule has 0 radical (unpaired) electrons. The number of aliphatic carboxylic acids is 1. The van der Waals surface area contributed by atoms with Crippen molar-refractivity contribution in [2.24, 2.45) is 0 Å². The van der Waals surface area contributed by atoms with Crippen LogP contribution in [0.4, 0.5) is 17.3 Å². The summed E-state index contributed by atoms with van der Waals surface area (Å²) in [4.78, 5) is 31.4. The third-order valence-corrected chi connectivity index (χ3v) is 7.91. The van der Waals surface area contributed by atoms with Crippen molar-refractivity contribution in [1.29, 1.82) is 0 Å². The Bertz CT molecular complexity index is 1720. The van der Waals surface area contributed by atoms with Crippen LogP contribution in [0.15, 0.2) is 73.1 Å². The molecule has 3 aromatic carbocycles. The van der Waals surface area contributed by atoms with Gasteiger partial charge in [0.2, 0.25) is 0 Å². The van der Waals surface area contributed by atoms with Gasteiger partial charge in [-0.3, -0.25) is 4.79 Å². The van der Waals surface area contributed by atoms with Gasteiger partial charge in [0.25, 0.3) is 11.6 Å². The molecule has 1 N–H and O–H groups in total. The fraction of sp³-hybridized carbons (Fsp3) is 0.207. The Morgan fingerprint density at radius 3 is 2.49 bits per heavy atom. The first-order chi connectivity index (χ1) is 17.7. The zero-order valence-corrected chi connectivity index (χ0v) is 21.4. The minimum absolute atomic E-state index is 0.0269. The van der Waals surface area contributed by atoms with Crippen molar-refractivity contribution in [2.75, 3.05) is 0 Å². The zero-order chi connectivity index (χ0) is 25.9. The fourth-order valence-electron chi connectivity index (χ4n) is 6.13. The second-order valence-electron chi connectivity index (χ2n) is 10.0. The monoisotopic (exact) mass is 510 g/mol. The Morgan fingerprint density at radius 1 is 0.946 bits per heavy atom. The lowest BCUT2D eigenvalue weighted by Gasteiger charge is -2.44. The molecule has 0 amide bonds. The molecule has 2 unspecified atom stereocenters. The Hall–Kier alpha value is -3.94. The van der Waals surface area contributed by atoms with Gasteiger partial charge in [-0.1, -0.05) is 41.9 Å². The summed E-state index contributed by atoms with van der Waals surface area (Å²) in [6, 6.07) is 21.6. The van der Waals surface area contributed by atoms with Crippen LogP contribution in [-0.2, 0) is 4.79 Å².